The molecule has 0 amide bonds. The molecular formula is C11H14ClFN2. The molecule has 1 aliphatic heterocycles. The first-order valence-corrected chi connectivity index (χ1v) is 5.47. The molecule has 0 bridgehead atoms. The van der Waals surface area contributed by atoms with E-state index in [1.165, 1.54) is 6.07 Å². The number of halogens is 2. The molecule has 0 aromatic heterocycles. The molecule has 1 unspecified atom stereocenters. The van der Waals surface area contributed by atoms with Crippen molar-refractivity contribution in [1.29, 1.82) is 0 Å². The standard InChI is InChI=1S/C11H14ClFN2/c1-3-7-6-14-10-4-8(12)9(13)5-11(10)15(7)2/h4-5,7,14H,3,6H2,1-2H3. The van der Waals surface area contributed by atoms with Gasteiger partial charge in [-0.3, -0.25) is 0 Å². The van der Waals surface area contributed by atoms with Crippen LogP contribution in [0.2, 0.25) is 5.02 Å². The Balaban J connectivity index is 2.43. The zero-order valence-electron chi connectivity index (χ0n) is 8.85. The van der Waals surface area contributed by atoms with Gasteiger partial charge in [0.15, 0.2) is 0 Å². The number of likely N-dealkylation sites (N-methyl/N-ethyl adjacent to an activating group) is 1. The van der Waals surface area contributed by atoms with E-state index in [1.54, 1.807) is 6.07 Å². The fourth-order valence-corrected chi connectivity index (χ4v) is 2.11. The zero-order valence-corrected chi connectivity index (χ0v) is 9.61. The molecule has 0 spiro atoms. The van der Waals surface area contributed by atoms with Crippen LogP contribution in [0.4, 0.5) is 15.8 Å². The van der Waals surface area contributed by atoms with Gasteiger partial charge in [0.2, 0.25) is 0 Å². The number of rotatable bonds is 1. The van der Waals surface area contributed by atoms with E-state index in [2.05, 4.69) is 17.1 Å². The lowest BCUT2D eigenvalue weighted by Gasteiger charge is -2.36. The van der Waals surface area contributed by atoms with Crippen molar-refractivity contribution < 1.29 is 4.39 Å². The lowest BCUT2D eigenvalue weighted by molar-refractivity contribution is 0.606. The largest absolute Gasteiger partial charge is 0.381 e. The minimum Gasteiger partial charge on any atom is -0.381 e. The van der Waals surface area contributed by atoms with Crippen molar-refractivity contribution in [2.45, 2.75) is 19.4 Å². The summed E-state index contributed by atoms with van der Waals surface area (Å²) in [6, 6.07) is 3.55. The molecule has 1 aromatic rings. The van der Waals surface area contributed by atoms with Gasteiger partial charge in [0, 0.05) is 25.7 Å². The van der Waals surface area contributed by atoms with Crippen LogP contribution in [0.25, 0.3) is 0 Å². The van der Waals surface area contributed by atoms with E-state index < -0.39 is 0 Å². The SMILES string of the molecule is CCC1CNc2cc(Cl)c(F)cc2N1C. The summed E-state index contributed by atoms with van der Waals surface area (Å²) in [6.45, 7) is 3.00. The number of anilines is 2. The molecule has 1 aliphatic rings. The minimum atomic E-state index is -0.360. The van der Waals surface area contributed by atoms with E-state index in [0.717, 1.165) is 24.3 Å². The third kappa shape index (κ3) is 1.76. The highest BCUT2D eigenvalue weighted by Crippen LogP contribution is 2.34. The topological polar surface area (TPSA) is 15.3 Å². The average molecular weight is 229 g/mol. The van der Waals surface area contributed by atoms with E-state index in [1.807, 2.05) is 7.05 Å². The van der Waals surface area contributed by atoms with Gasteiger partial charge in [-0.25, -0.2) is 4.39 Å². The van der Waals surface area contributed by atoms with Gasteiger partial charge in [-0.15, -0.1) is 0 Å². The normalized spacial score (nSPS) is 19.7. The van der Waals surface area contributed by atoms with Gasteiger partial charge in [-0.05, 0) is 12.5 Å². The molecule has 82 valence electrons. The second-order valence-corrected chi connectivity index (χ2v) is 4.24. The van der Waals surface area contributed by atoms with Crippen LogP contribution in [0.15, 0.2) is 12.1 Å². The number of hydrogen-bond donors (Lipinski definition) is 1. The lowest BCUT2D eigenvalue weighted by Crippen LogP contribution is -2.41. The molecule has 1 atom stereocenters. The van der Waals surface area contributed by atoms with Crippen LogP contribution in [0.5, 0.6) is 0 Å². The molecule has 0 saturated carbocycles. The Morgan fingerprint density at radius 3 is 3.00 bits per heavy atom. The Morgan fingerprint density at radius 1 is 1.60 bits per heavy atom. The first-order valence-electron chi connectivity index (χ1n) is 5.09. The zero-order chi connectivity index (χ0) is 11.0. The van der Waals surface area contributed by atoms with Crippen molar-refractivity contribution in [3.8, 4) is 0 Å². The monoisotopic (exact) mass is 228 g/mol. The number of hydrogen-bond acceptors (Lipinski definition) is 2. The summed E-state index contributed by atoms with van der Waals surface area (Å²) >= 11 is 5.73. The van der Waals surface area contributed by atoms with Crippen molar-refractivity contribution in [1.82, 2.24) is 0 Å². The number of fused-ring (bicyclic) bond motifs is 1. The molecule has 0 radical (unpaired) electrons. The highest BCUT2D eigenvalue weighted by atomic mass is 35.5. The summed E-state index contributed by atoms with van der Waals surface area (Å²) in [5, 5.41) is 3.44. The number of benzene rings is 1. The second-order valence-electron chi connectivity index (χ2n) is 3.84. The quantitative estimate of drug-likeness (QED) is 0.795. The fourth-order valence-electron chi connectivity index (χ4n) is 1.95. The maximum absolute atomic E-state index is 13.3. The van der Waals surface area contributed by atoms with Gasteiger partial charge >= 0.3 is 0 Å². The summed E-state index contributed by atoms with van der Waals surface area (Å²) in [4.78, 5) is 2.10. The Labute approximate surface area is 94.0 Å². The second kappa shape index (κ2) is 3.89. The molecule has 15 heavy (non-hydrogen) atoms. The summed E-state index contributed by atoms with van der Waals surface area (Å²) in [7, 11) is 1.99. The molecule has 2 nitrogen and oxygen atoms in total. The molecule has 0 fully saturated rings. The lowest BCUT2D eigenvalue weighted by atomic mass is 10.1. The highest BCUT2D eigenvalue weighted by molar-refractivity contribution is 6.31. The maximum atomic E-state index is 13.3. The van der Waals surface area contributed by atoms with E-state index in [0.29, 0.717) is 6.04 Å². The third-order valence-corrected chi connectivity index (χ3v) is 3.26. The van der Waals surface area contributed by atoms with Gasteiger partial charge < -0.3 is 10.2 Å². The van der Waals surface area contributed by atoms with Crippen molar-refractivity contribution in [3.63, 3.8) is 0 Å². The van der Waals surface area contributed by atoms with Crippen molar-refractivity contribution in [2.75, 3.05) is 23.8 Å². The smallest absolute Gasteiger partial charge is 0.144 e. The number of nitrogens with zero attached hydrogens (tertiary/aromatic N) is 1. The minimum absolute atomic E-state index is 0.171. The van der Waals surface area contributed by atoms with Gasteiger partial charge in [0.05, 0.1) is 16.4 Å². The van der Waals surface area contributed by atoms with Crippen molar-refractivity contribution in [2.24, 2.45) is 0 Å². The Bertz CT molecular complexity index is 381. The molecule has 4 heteroatoms. The van der Waals surface area contributed by atoms with Crippen LogP contribution < -0.4 is 10.2 Å². The summed E-state index contributed by atoms with van der Waals surface area (Å²) < 4.78 is 13.3. The van der Waals surface area contributed by atoms with Gasteiger partial charge in [0.25, 0.3) is 0 Å². The fraction of sp³-hybridized carbons (Fsp3) is 0.455. The number of nitrogens with one attached hydrogen (secondary N) is 1. The predicted molar refractivity (Wildman–Crippen MR) is 62.4 cm³/mol. The van der Waals surface area contributed by atoms with Gasteiger partial charge in [-0.2, -0.15) is 0 Å². The maximum Gasteiger partial charge on any atom is 0.144 e. The Morgan fingerprint density at radius 2 is 2.33 bits per heavy atom. The third-order valence-electron chi connectivity index (χ3n) is 2.97. The molecule has 1 N–H and O–H groups in total. The molecule has 0 aliphatic carbocycles. The molecular weight excluding hydrogens is 215 g/mol. The highest BCUT2D eigenvalue weighted by Gasteiger charge is 2.22. The van der Waals surface area contributed by atoms with Crippen LogP contribution >= 0.6 is 11.6 Å². The van der Waals surface area contributed by atoms with Crippen molar-refractivity contribution in [3.05, 3.63) is 23.0 Å². The van der Waals surface area contributed by atoms with Crippen LogP contribution in [-0.2, 0) is 0 Å². The average Bonchev–Trinajstić information content (AvgIpc) is 2.22. The first-order chi connectivity index (χ1) is 7.13. The molecule has 1 heterocycles. The van der Waals surface area contributed by atoms with E-state index in [4.69, 9.17) is 11.6 Å². The summed E-state index contributed by atoms with van der Waals surface area (Å²) in [6.07, 6.45) is 1.03. The van der Waals surface area contributed by atoms with Crippen LogP contribution in [0.1, 0.15) is 13.3 Å². The molecule has 1 aromatic carbocycles. The summed E-state index contributed by atoms with van der Waals surface area (Å²) in [5.74, 6) is -0.360. The van der Waals surface area contributed by atoms with Crippen LogP contribution in [0, 0.1) is 5.82 Å². The van der Waals surface area contributed by atoms with E-state index >= 15 is 0 Å². The van der Waals surface area contributed by atoms with Crippen molar-refractivity contribution >= 4 is 23.0 Å². The van der Waals surface area contributed by atoms with Gasteiger partial charge in [0.1, 0.15) is 5.82 Å². The molecule has 0 saturated heterocycles. The van der Waals surface area contributed by atoms with Crippen LogP contribution in [0.3, 0.4) is 0 Å². The van der Waals surface area contributed by atoms with Crippen LogP contribution in [-0.4, -0.2) is 19.6 Å². The van der Waals surface area contributed by atoms with E-state index in [-0.39, 0.29) is 10.8 Å². The Hall–Kier alpha value is -0.960. The molecule has 2 rings (SSSR count). The Kier molecular flexibility index (Phi) is 2.74. The predicted octanol–water partition coefficient (Wildman–Crippen LogP) is 3.12. The summed E-state index contributed by atoms with van der Waals surface area (Å²) in [5.41, 5.74) is 1.80. The van der Waals surface area contributed by atoms with Gasteiger partial charge in [-0.1, -0.05) is 18.5 Å². The first kappa shape index (κ1) is 10.6. The van der Waals surface area contributed by atoms with E-state index in [9.17, 15) is 4.39 Å².